The van der Waals surface area contributed by atoms with Gasteiger partial charge in [-0.05, 0) is 55.7 Å². The first-order valence-corrected chi connectivity index (χ1v) is 15.4. The summed E-state index contributed by atoms with van der Waals surface area (Å²) < 4.78 is 28.7. The second-order valence-corrected chi connectivity index (χ2v) is 12.2. The van der Waals surface area contributed by atoms with Crippen molar-refractivity contribution in [3.05, 3.63) is 94.0 Å². The minimum absolute atomic E-state index is 0.00609. The molecule has 0 unspecified atom stereocenters. The van der Waals surface area contributed by atoms with E-state index in [1.807, 2.05) is 45.0 Å². The highest BCUT2D eigenvalue weighted by Gasteiger charge is 2.34. The Hall–Kier alpha value is -3.07. The van der Waals surface area contributed by atoms with E-state index in [0.717, 1.165) is 28.3 Å². The van der Waals surface area contributed by atoms with Crippen molar-refractivity contribution in [2.75, 3.05) is 17.4 Å². The van der Waals surface area contributed by atoms with Crippen LogP contribution < -0.4 is 9.62 Å². The van der Waals surface area contributed by atoms with Gasteiger partial charge in [-0.2, -0.15) is 0 Å². The Morgan fingerprint density at radius 1 is 0.950 bits per heavy atom. The summed E-state index contributed by atoms with van der Waals surface area (Å²) in [5, 5.41) is 3.30. The van der Waals surface area contributed by atoms with Crippen molar-refractivity contribution >= 4 is 50.7 Å². The zero-order valence-electron chi connectivity index (χ0n) is 22.9. The van der Waals surface area contributed by atoms with E-state index in [1.165, 1.54) is 29.2 Å². The number of carbonyl (C=O) groups excluding carboxylic acids is 2. The molecule has 0 heterocycles. The molecule has 0 saturated carbocycles. The Morgan fingerprint density at radius 2 is 1.68 bits per heavy atom. The molecule has 214 valence electrons. The smallest absolute Gasteiger partial charge is 0.264 e. The third-order valence-electron chi connectivity index (χ3n) is 6.44. The third-order valence-corrected chi connectivity index (χ3v) is 8.77. The number of hydrogen-bond acceptors (Lipinski definition) is 4. The van der Waals surface area contributed by atoms with Crippen LogP contribution in [0.15, 0.2) is 77.7 Å². The lowest BCUT2D eigenvalue weighted by molar-refractivity contribution is -0.140. The van der Waals surface area contributed by atoms with Crippen LogP contribution in [-0.2, 0) is 26.2 Å². The number of aryl methyl sites for hydroxylation is 1. The second kappa shape index (κ2) is 14.5. The average Bonchev–Trinajstić information content (AvgIpc) is 2.93. The quantitative estimate of drug-likeness (QED) is 0.235. The number of nitrogens with one attached hydrogen (secondary N) is 1. The molecule has 0 aliphatic carbocycles. The van der Waals surface area contributed by atoms with Crippen LogP contribution in [-0.4, -0.2) is 44.3 Å². The number of anilines is 1. The van der Waals surface area contributed by atoms with Crippen molar-refractivity contribution in [1.29, 1.82) is 0 Å². The van der Waals surface area contributed by atoms with Crippen molar-refractivity contribution in [3.63, 3.8) is 0 Å². The summed E-state index contributed by atoms with van der Waals surface area (Å²) in [7, 11) is -4.23. The predicted octanol–water partition coefficient (Wildman–Crippen LogP) is 6.22. The van der Waals surface area contributed by atoms with Gasteiger partial charge in [0.1, 0.15) is 12.6 Å². The molecule has 0 fully saturated rings. The van der Waals surface area contributed by atoms with Crippen LogP contribution >= 0.6 is 23.2 Å². The Balaban J connectivity index is 2.07. The van der Waals surface area contributed by atoms with E-state index in [-0.39, 0.29) is 33.1 Å². The van der Waals surface area contributed by atoms with Crippen LogP contribution in [0, 0.1) is 6.92 Å². The molecule has 3 aromatic carbocycles. The normalized spacial score (nSPS) is 12.0. The molecular weight excluding hydrogens is 569 g/mol. The fourth-order valence-electron chi connectivity index (χ4n) is 4.34. The molecular formula is C30H35Cl2N3O4S. The number of benzene rings is 3. The monoisotopic (exact) mass is 603 g/mol. The molecule has 0 bridgehead atoms. The summed E-state index contributed by atoms with van der Waals surface area (Å²) in [6, 6.07) is 19.1. The van der Waals surface area contributed by atoms with Crippen LogP contribution in [0.25, 0.3) is 0 Å². The van der Waals surface area contributed by atoms with E-state index in [1.54, 1.807) is 24.3 Å². The molecule has 0 spiro atoms. The van der Waals surface area contributed by atoms with Gasteiger partial charge in [0.25, 0.3) is 10.0 Å². The number of carbonyl (C=O) groups is 2. The largest absolute Gasteiger partial charge is 0.354 e. The number of hydrogen-bond donors (Lipinski definition) is 1. The van der Waals surface area contributed by atoms with Crippen molar-refractivity contribution in [2.24, 2.45) is 0 Å². The number of rotatable bonds is 13. The first-order valence-electron chi connectivity index (χ1n) is 13.2. The van der Waals surface area contributed by atoms with Gasteiger partial charge in [0.2, 0.25) is 11.8 Å². The molecule has 1 N–H and O–H groups in total. The number of unbranched alkanes of at least 4 members (excludes halogenated alkanes) is 1. The second-order valence-electron chi connectivity index (χ2n) is 9.50. The van der Waals surface area contributed by atoms with Crippen molar-refractivity contribution in [3.8, 4) is 0 Å². The fourth-order valence-corrected chi connectivity index (χ4v) is 6.22. The van der Waals surface area contributed by atoms with E-state index in [2.05, 4.69) is 5.32 Å². The van der Waals surface area contributed by atoms with Crippen molar-refractivity contribution < 1.29 is 18.0 Å². The maximum atomic E-state index is 14.1. The van der Waals surface area contributed by atoms with Gasteiger partial charge in [0.05, 0.1) is 15.6 Å². The van der Waals surface area contributed by atoms with E-state index in [9.17, 15) is 18.0 Å². The van der Waals surface area contributed by atoms with Crippen LogP contribution in [0.5, 0.6) is 0 Å². The number of amides is 2. The minimum atomic E-state index is -4.23. The van der Waals surface area contributed by atoms with Gasteiger partial charge in [-0.15, -0.1) is 0 Å². The first kappa shape index (κ1) is 31.5. The third kappa shape index (κ3) is 7.99. The molecule has 0 aliphatic rings. The summed E-state index contributed by atoms with van der Waals surface area (Å²) in [6.45, 7) is 5.84. The maximum absolute atomic E-state index is 14.1. The van der Waals surface area contributed by atoms with Crippen LogP contribution in [0.2, 0.25) is 10.0 Å². The molecule has 10 heteroatoms. The van der Waals surface area contributed by atoms with Crippen molar-refractivity contribution in [2.45, 2.75) is 57.5 Å². The minimum Gasteiger partial charge on any atom is -0.354 e. The topological polar surface area (TPSA) is 86.8 Å². The van der Waals surface area contributed by atoms with E-state index in [4.69, 9.17) is 23.2 Å². The Kier molecular flexibility index (Phi) is 11.4. The van der Waals surface area contributed by atoms with E-state index < -0.39 is 28.5 Å². The molecule has 3 aromatic rings. The van der Waals surface area contributed by atoms with Gasteiger partial charge in [0.15, 0.2) is 0 Å². The molecule has 0 saturated heterocycles. The Bertz CT molecular complexity index is 1420. The van der Waals surface area contributed by atoms with Gasteiger partial charge < -0.3 is 10.2 Å². The molecule has 1 atom stereocenters. The van der Waals surface area contributed by atoms with Crippen LogP contribution in [0.3, 0.4) is 0 Å². The number of nitrogens with zero attached hydrogens (tertiary/aromatic N) is 2. The number of halogens is 2. The Labute approximate surface area is 247 Å². The number of sulfonamides is 1. The highest BCUT2D eigenvalue weighted by molar-refractivity contribution is 7.92. The van der Waals surface area contributed by atoms with Gasteiger partial charge in [0, 0.05) is 18.1 Å². The zero-order valence-corrected chi connectivity index (χ0v) is 25.3. The van der Waals surface area contributed by atoms with Crippen molar-refractivity contribution in [1.82, 2.24) is 10.2 Å². The molecule has 40 heavy (non-hydrogen) atoms. The molecule has 7 nitrogen and oxygen atoms in total. The molecule has 0 aliphatic heterocycles. The maximum Gasteiger partial charge on any atom is 0.264 e. The molecule has 0 radical (unpaired) electrons. The van der Waals surface area contributed by atoms with Crippen LogP contribution in [0.1, 0.15) is 44.2 Å². The highest BCUT2D eigenvalue weighted by Crippen LogP contribution is 2.33. The van der Waals surface area contributed by atoms with Gasteiger partial charge in [-0.3, -0.25) is 13.9 Å². The van der Waals surface area contributed by atoms with Crippen LogP contribution in [0.4, 0.5) is 5.69 Å². The van der Waals surface area contributed by atoms with Gasteiger partial charge in [-0.1, -0.05) is 91.5 Å². The lowest BCUT2D eigenvalue weighted by Gasteiger charge is -2.33. The highest BCUT2D eigenvalue weighted by atomic mass is 35.5. The summed E-state index contributed by atoms with van der Waals surface area (Å²) in [6.07, 6.45) is 2.07. The Morgan fingerprint density at radius 3 is 2.33 bits per heavy atom. The van der Waals surface area contributed by atoms with E-state index in [0.29, 0.717) is 13.0 Å². The average molecular weight is 605 g/mol. The lowest BCUT2D eigenvalue weighted by Crippen LogP contribution is -2.52. The summed E-state index contributed by atoms with van der Waals surface area (Å²) in [4.78, 5) is 28.8. The van der Waals surface area contributed by atoms with Gasteiger partial charge >= 0.3 is 0 Å². The summed E-state index contributed by atoms with van der Waals surface area (Å²) in [5.41, 5.74) is 1.90. The molecule has 3 rings (SSSR count). The zero-order chi connectivity index (χ0) is 29.3. The standard InChI is InChI=1S/C30H35Cl2N3O4S/c1-4-6-17-33-30(37)27(5-2)34(20-23-12-10-11-22(3)18-23)29(36)21-35(28-19-24(31)15-16-26(28)32)40(38,39)25-13-8-7-9-14-25/h7-16,18-19,27H,4-6,17,20-21H2,1-3H3,(H,33,37)/t27-/m0/s1. The van der Waals surface area contributed by atoms with Gasteiger partial charge in [-0.25, -0.2) is 8.42 Å². The first-order chi connectivity index (χ1) is 19.1. The lowest BCUT2D eigenvalue weighted by atomic mass is 10.1. The van der Waals surface area contributed by atoms with E-state index >= 15 is 0 Å². The predicted molar refractivity (Wildman–Crippen MR) is 161 cm³/mol. The summed E-state index contributed by atoms with van der Waals surface area (Å²) >= 11 is 12.7. The molecule has 0 aromatic heterocycles. The fraction of sp³-hybridized carbons (Fsp3) is 0.333. The SMILES string of the molecule is CCCCNC(=O)[C@H](CC)N(Cc1cccc(C)c1)C(=O)CN(c1cc(Cl)ccc1Cl)S(=O)(=O)c1ccccc1. The summed E-state index contributed by atoms with van der Waals surface area (Å²) in [5.74, 6) is -0.829. The molecule has 2 amide bonds.